The van der Waals surface area contributed by atoms with Gasteiger partial charge in [0.2, 0.25) is 0 Å². The summed E-state index contributed by atoms with van der Waals surface area (Å²) in [4.78, 5) is 24.1. The monoisotopic (exact) mass is 213 g/mol. The second kappa shape index (κ2) is 3.90. The van der Waals surface area contributed by atoms with E-state index in [2.05, 4.69) is 4.74 Å². The fourth-order valence-corrected chi connectivity index (χ4v) is 2.11. The normalized spacial score (nSPS) is 33.9. The molecule has 0 aliphatic carbocycles. The first kappa shape index (κ1) is 10.6. The molecule has 0 N–H and O–H groups in total. The molecule has 0 aromatic heterocycles. The Balaban J connectivity index is 2.07. The van der Waals surface area contributed by atoms with E-state index < -0.39 is 11.9 Å². The van der Waals surface area contributed by atoms with Crippen molar-refractivity contribution in [1.29, 1.82) is 0 Å². The number of cyclic esters (lactones) is 2. The highest BCUT2D eigenvalue weighted by Crippen LogP contribution is 2.26. The van der Waals surface area contributed by atoms with Gasteiger partial charge in [-0.3, -0.25) is 14.5 Å². The molecule has 84 valence electrons. The molecule has 0 radical (unpaired) electrons. The highest BCUT2D eigenvalue weighted by Gasteiger charge is 2.39. The van der Waals surface area contributed by atoms with Gasteiger partial charge in [0, 0.05) is 12.1 Å². The first-order valence-electron chi connectivity index (χ1n) is 5.16. The van der Waals surface area contributed by atoms with Crippen LogP contribution in [0.3, 0.4) is 0 Å². The van der Waals surface area contributed by atoms with Gasteiger partial charge in [0.25, 0.3) is 0 Å². The number of morpholine rings is 1. The highest BCUT2D eigenvalue weighted by molar-refractivity contribution is 5.90. The van der Waals surface area contributed by atoms with Gasteiger partial charge < -0.3 is 9.47 Å². The Morgan fingerprint density at radius 1 is 1.27 bits per heavy atom. The van der Waals surface area contributed by atoms with E-state index >= 15 is 0 Å². The van der Waals surface area contributed by atoms with E-state index in [-0.39, 0.29) is 18.6 Å². The Morgan fingerprint density at radius 3 is 2.47 bits per heavy atom. The molecule has 2 heterocycles. The van der Waals surface area contributed by atoms with E-state index in [1.165, 1.54) is 0 Å². The lowest BCUT2D eigenvalue weighted by molar-refractivity contribution is -0.172. The van der Waals surface area contributed by atoms with E-state index in [1.807, 2.05) is 11.8 Å². The summed E-state index contributed by atoms with van der Waals surface area (Å²) in [5, 5.41) is 0. The van der Waals surface area contributed by atoms with Crippen LogP contribution in [0.15, 0.2) is 0 Å². The molecule has 1 unspecified atom stereocenters. The molecule has 1 atom stereocenters. The Bertz CT molecular complexity index is 267. The fraction of sp³-hybridized carbons (Fsp3) is 0.800. The van der Waals surface area contributed by atoms with Crippen molar-refractivity contribution >= 4 is 11.9 Å². The van der Waals surface area contributed by atoms with E-state index in [4.69, 9.17) is 4.74 Å². The molecule has 0 saturated carbocycles. The third-order valence-electron chi connectivity index (χ3n) is 3.05. The summed E-state index contributed by atoms with van der Waals surface area (Å²) in [6.07, 6.45) is 1.92. The van der Waals surface area contributed by atoms with Crippen LogP contribution < -0.4 is 0 Å². The molecule has 2 saturated heterocycles. The van der Waals surface area contributed by atoms with Gasteiger partial charge >= 0.3 is 11.9 Å². The maximum atomic E-state index is 11.1. The lowest BCUT2D eigenvalue weighted by Gasteiger charge is -2.43. The zero-order valence-electron chi connectivity index (χ0n) is 8.82. The Morgan fingerprint density at radius 2 is 1.93 bits per heavy atom. The van der Waals surface area contributed by atoms with Crippen LogP contribution in [-0.2, 0) is 19.1 Å². The average molecular weight is 213 g/mol. The number of carbonyl (C=O) groups is 2. The maximum absolute atomic E-state index is 11.1. The highest BCUT2D eigenvalue weighted by atomic mass is 16.6. The van der Waals surface area contributed by atoms with Crippen molar-refractivity contribution in [2.24, 2.45) is 0 Å². The van der Waals surface area contributed by atoms with Crippen molar-refractivity contribution < 1.29 is 19.1 Å². The Labute approximate surface area is 88.3 Å². The largest absolute Gasteiger partial charge is 0.391 e. The number of nitrogens with zero attached hydrogens (tertiary/aromatic N) is 1. The van der Waals surface area contributed by atoms with Crippen LogP contribution in [0.25, 0.3) is 0 Å². The topological polar surface area (TPSA) is 55.8 Å². The van der Waals surface area contributed by atoms with Gasteiger partial charge in [-0.25, -0.2) is 0 Å². The number of esters is 2. The Kier molecular flexibility index (Phi) is 2.75. The van der Waals surface area contributed by atoms with Gasteiger partial charge in [0.15, 0.2) is 0 Å². The molecular formula is C10H15NO4. The summed E-state index contributed by atoms with van der Waals surface area (Å²) in [6, 6.07) is 0. The van der Waals surface area contributed by atoms with Gasteiger partial charge in [-0.05, 0) is 19.8 Å². The number of rotatable bonds is 1. The molecule has 2 aliphatic rings. The van der Waals surface area contributed by atoms with Crippen LogP contribution in [0.2, 0.25) is 0 Å². The molecule has 0 aromatic rings. The molecule has 0 spiro atoms. The molecular weight excluding hydrogens is 198 g/mol. The quantitative estimate of drug-likeness (QED) is 0.451. The second-order valence-corrected chi connectivity index (χ2v) is 4.36. The maximum Gasteiger partial charge on any atom is 0.327 e. The summed E-state index contributed by atoms with van der Waals surface area (Å²) in [5.41, 5.74) is -0.201. The minimum absolute atomic E-state index is 0.186. The predicted molar refractivity (Wildman–Crippen MR) is 51.1 cm³/mol. The molecule has 0 aromatic carbocycles. The molecule has 0 bridgehead atoms. The lowest BCUT2D eigenvalue weighted by atomic mass is 9.92. The number of ether oxygens (including phenoxy) is 2. The van der Waals surface area contributed by atoms with E-state index in [0.29, 0.717) is 6.61 Å². The summed E-state index contributed by atoms with van der Waals surface area (Å²) in [7, 11) is 0. The Hall–Kier alpha value is -0.940. The second-order valence-electron chi connectivity index (χ2n) is 4.36. The van der Waals surface area contributed by atoms with Gasteiger partial charge in [-0.2, -0.15) is 0 Å². The summed E-state index contributed by atoms with van der Waals surface area (Å²) >= 11 is 0. The van der Waals surface area contributed by atoms with Crippen LogP contribution in [0, 0.1) is 0 Å². The van der Waals surface area contributed by atoms with Crippen LogP contribution in [0.5, 0.6) is 0 Å². The van der Waals surface area contributed by atoms with Crippen molar-refractivity contribution in [2.75, 3.05) is 26.3 Å². The molecule has 2 aliphatic heterocycles. The molecule has 0 amide bonds. The SMILES string of the molecule is CC1(N2CC(=O)OC(=O)C2)CCCOC1. The van der Waals surface area contributed by atoms with Crippen molar-refractivity contribution in [3.8, 4) is 0 Å². The lowest BCUT2D eigenvalue weighted by Crippen LogP contribution is -2.58. The molecule has 2 rings (SSSR count). The van der Waals surface area contributed by atoms with Crippen molar-refractivity contribution in [2.45, 2.75) is 25.3 Å². The minimum Gasteiger partial charge on any atom is -0.391 e. The van der Waals surface area contributed by atoms with Crippen molar-refractivity contribution in [3.63, 3.8) is 0 Å². The number of hydrogen-bond acceptors (Lipinski definition) is 5. The molecule has 5 heteroatoms. The standard InChI is InChI=1S/C10H15NO4/c1-10(3-2-4-14-7-10)11-5-8(12)15-9(13)6-11/h2-7H2,1H3. The summed E-state index contributed by atoms with van der Waals surface area (Å²) in [6.45, 7) is 3.74. The summed E-state index contributed by atoms with van der Waals surface area (Å²) < 4.78 is 9.90. The van der Waals surface area contributed by atoms with Crippen LogP contribution >= 0.6 is 0 Å². The fourth-order valence-electron chi connectivity index (χ4n) is 2.11. The first-order chi connectivity index (χ1) is 7.10. The molecule has 2 fully saturated rings. The first-order valence-corrected chi connectivity index (χ1v) is 5.16. The van der Waals surface area contributed by atoms with Gasteiger partial charge in [0.1, 0.15) is 0 Å². The zero-order chi connectivity index (χ0) is 10.9. The van der Waals surface area contributed by atoms with Crippen LogP contribution in [0.1, 0.15) is 19.8 Å². The van der Waals surface area contributed by atoms with Gasteiger partial charge in [0.05, 0.1) is 19.7 Å². The van der Waals surface area contributed by atoms with E-state index in [1.54, 1.807) is 0 Å². The predicted octanol–water partition coefficient (Wildman–Crippen LogP) is -0.0591. The van der Waals surface area contributed by atoms with E-state index in [0.717, 1.165) is 19.4 Å². The number of hydrogen-bond donors (Lipinski definition) is 0. The minimum atomic E-state index is -0.460. The van der Waals surface area contributed by atoms with Gasteiger partial charge in [-0.15, -0.1) is 0 Å². The zero-order valence-corrected chi connectivity index (χ0v) is 8.82. The van der Waals surface area contributed by atoms with E-state index in [9.17, 15) is 9.59 Å². The number of carbonyl (C=O) groups excluding carboxylic acids is 2. The van der Waals surface area contributed by atoms with Crippen molar-refractivity contribution in [1.82, 2.24) is 4.90 Å². The smallest absolute Gasteiger partial charge is 0.327 e. The van der Waals surface area contributed by atoms with Crippen molar-refractivity contribution in [3.05, 3.63) is 0 Å². The van der Waals surface area contributed by atoms with Crippen LogP contribution in [0.4, 0.5) is 0 Å². The van der Waals surface area contributed by atoms with Crippen LogP contribution in [-0.4, -0.2) is 48.7 Å². The molecule has 5 nitrogen and oxygen atoms in total. The third kappa shape index (κ3) is 2.18. The average Bonchev–Trinajstić information content (AvgIpc) is 2.17. The third-order valence-corrected chi connectivity index (χ3v) is 3.05. The summed E-state index contributed by atoms with van der Waals surface area (Å²) in [5.74, 6) is -0.920. The molecule has 15 heavy (non-hydrogen) atoms. The van der Waals surface area contributed by atoms with Gasteiger partial charge in [-0.1, -0.05) is 0 Å².